The molecule has 2 N–H and O–H groups in total. The number of aliphatic hydroxyl groups is 1. The molecule has 124 valence electrons. The maximum absolute atomic E-state index is 12.6. The number of fused-ring (bicyclic) bond motifs is 2. The molecule has 0 spiro atoms. The van der Waals surface area contributed by atoms with Crippen LogP contribution in [0.1, 0.15) is 29.3 Å². The number of hydrogen-bond acceptors (Lipinski definition) is 6. The average Bonchev–Trinajstić information content (AvgIpc) is 3.16. The van der Waals surface area contributed by atoms with Crippen molar-refractivity contribution in [2.24, 2.45) is 5.10 Å². The van der Waals surface area contributed by atoms with Gasteiger partial charge in [-0.3, -0.25) is 10.2 Å². The number of carbonyl (C=O) groups excluding carboxylic acids is 1. The quantitative estimate of drug-likeness (QED) is 0.531. The molecule has 0 fully saturated rings. The SMILES string of the molecule is CC/C(=N\Nc1nc2ccccc2s1)C1=C(O)c2ccccc2C1=O. The lowest BCUT2D eigenvalue weighted by molar-refractivity contribution is 0.104. The van der Waals surface area contributed by atoms with E-state index in [0.29, 0.717) is 28.4 Å². The molecule has 4 rings (SSSR count). The molecule has 3 aromatic rings. The molecule has 0 radical (unpaired) electrons. The predicted molar refractivity (Wildman–Crippen MR) is 101 cm³/mol. The maximum Gasteiger partial charge on any atom is 0.204 e. The topological polar surface area (TPSA) is 74.6 Å². The molecule has 5 nitrogen and oxygen atoms in total. The van der Waals surface area contributed by atoms with Crippen molar-refractivity contribution in [3.63, 3.8) is 0 Å². The van der Waals surface area contributed by atoms with E-state index in [4.69, 9.17) is 0 Å². The number of hydrogen-bond donors (Lipinski definition) is 2. The van der Waals surface area contributed by atoms with Gasteiger partial charge in [0.05, 0.1) is 21.5 Å². The van der Waals surface area contributed by atoms with E-state index in [2.05, 4.69) is 15.5 Å². The highest BCUT2D eigenvalue weighted by Gasteiger charge is 2.31. The second-order valence-corrected chi connectivity index (χ2v) is 6.64. The molecule has 0 amide bonds. The van der Waals surface area contributed by atoms with Crippen molar-refractivity contribution in [3.8, 4) is 0 Å². The summed E-state index contributed by atoms with van der Waals surface area (Å²) in [7, 11) is 0. The van der Waals surface area contributed by atoms with Crippen LogP contribution in [0.15, 0.2) is 59.2 Å². The van der Waals surface area contributed by atoms with Crippen LogP contribution < -0.4 is 5.43 Å². The number of nitrogens with zero attached hydrogens (tertiary/aromatic N) is 2. The van der Waals surface area contributed by atoms with Gasteiger partial charge in [0.2, 0.25) is 5.13 Å². The normalized spacial score (nSPS) is 14.3. The number of para-hydroxylation sites is 1. The molecule has 6 heteroatoms. The van der Waals surface area contributed by atoms with Crippen LogP contribution in [-0.2, 0) is 0 Å². The number of aromatic nitrogens is 1. The number of benzene rings is 2. The van der Waals surface area contributed by atoms with Crippen LogP contribution in [0.25, 0.3) is 16.0 Å². The summed E-state index contributed by atoms with van der Waals surface area (Å²) in [5.41, 5.74) is 5.67. The highest BCUT2D eigenvalue weighted by molar-refractivity contribution is 7.22. The number of ketones is 1. The molecule has 0 aliphatic heterocycles. The van der Waals surface area contributed by atoms with Crippen LogP contribution in [0.2, 0.25) is 0 Å². The summed E-state index contributed by atoms with van der Waals surface area (Å²) in [5.74, 6) is -0.202. The number of nitrogens with one attached hydrogen (secondary N) is 1. The molecule has 0 saturated heterocycles. The molecule has 1 aromatic heterocycles. The predicted octanol–water partition coefficient (Wildman–Crippen LogP) is 4.64. The van der Waals surface area contributed by atoms with Crippen molar-refractivity contribution in [1.82, 2.24) is 4.98 Å². The third-order valence-corrected chi connectivity index (χ3v) is 5.04. The first-order valence-electron chi connectivity index (χ1n) is 7.95. The van der Waals surface area contributed by atoms with Gasteiger partial charge >= 0.3 is 0 Å². The van der Waals surface area contributed by atoms with Crippen LogP contribution in [0.5, 0.6) is 0 Å². The molecule has 2 aromatic carbocycles. The zero-order valence-corrected chi connectivity index (χ0v) is 14.3. The second kappa shape index (κ2) is 6.14. The Kier molecular flexibility index (Phi) is 3.82. The van der Waals surface area contributed by atoms with Crippen LogP contribution >= 0.6 is 11.3 Å². The van der Waals surface area contributed by atoms with Crippen molar-refractivity contribution in [2.75, 3.05) is 5.43 Å². The Hall–Kier alpha value is -2.99. The molecule has 1 aliphatic rings. The zero-order valence-electron chi connectivity index (χ0n) is 13.5. The number of hydrazone groups is 1. The lowest BCUT2D eigenvalue weighted by Crippen LogP contribution is -2.12. The fourth-order valence-corrected chi connectivity index (χ4v) is 3.69. The Morgan fingerprint density at radius 3 is 2.60 bits per heavy atom. The number of rotatable bonds is 4. The molecule has 1 aliphatic carbocycles. The summed E-state index contributed by atoms with van der Waals surface area (Å²) in [4.78, 5) is 17.1. The summed E-state index contributed by atoms with van der Waals surface area (Å²) < 4.78 is 1.06. The van der Waals surface area contributed by atoms with Gasteiger partial charge in [-0.25, -0.2) is 4.98 Å². The summed E-state index contributed by atoms with van der Waals surface area (Å²) in [6.45, 7) is 1.90. The van der Waals surface area contributed by atoms with Crippen molar-refractivity contribution in [1.29, 1.82) is 0 Å². The van der Waals surface area contributed by atoms with E-state index < -0.39 is 0 Å². The molecule has 1 heterocycles. The smallest absolute Gasteiger partial charge is 0.204 e. The van der Waals surface area contributed by atoms with Gasteiger partial charge in [0.15, 0.2) is 5.78 Å². The first-order valence-corrected chi connectivity index (χ1v) is 8.76. The van der Waals surface area contributed by atoms with E-state index in [1.165, 1.54) is 11.3 Å². The largest absolute Gasteiger partial charge is 0.506 e. The first-order chi connectivity index (χ1) is 12.2. The Morgan fingerprint density at radius 1 is 1.16 bits per heavy atom. The van der Waals surface area contributed by atoms with Gasteiger partial charge in [-0.1, -0.05) is 54.7 Å². The zero-order chi connectivity index (χ0) is 17.4. The van der Waals surface area contributed by atoms with E-state index in [9.17, 15) is 9.90 Å². The standard InChI is InChI=1S/C19H15N3O2S/c1-2-13(16-17(23)11-7-3-4-8-12(11)18(16)24)21-22-19-20-14-9-5-6-10-15(14)25-19/h3-10,23H,2H2,1H3,(H,20,22)/b21-13+. The molecule has 0 unspecified atom stereocenters. The van der Waals surface area contributed by atoms with E-state index in [-0.39, 0.29) is 17.1 Å². The van der Waals surface area contributed by atoms with Gasteiger partial charge in [-0.15, -0.1) is 0 Å². The van der Waals surface area contributed by atoms with E-state index >= 15 is 0 Å². The minimum atomic E-state index is -0.195. The van der Waals surface area contributed by atoms with Crippen molar-refractivity contribution in [3.05, 3.63) is 65.2 Å². The lowest BCUT2D eigenvalue weighted by atomic mass is 10.0. The monoisotopic (exact) mass is 349 g/mol. The number of thiazole rings is 1. The van der Waals surface area contributed by atoms with Crippen LogP contribution in [0.3, 0.4) is 0 Å². The van der Waals surface area contributed by atoms with Crippen LogP contribution in [0, 0.1) is 0 Å². The third-order valence-electron chi connectivity index (χ3n) is 4.09. The fraction of sp³-hybridized carbons (Fsp3) is 0.105. The summed E-state index contributed by atoms with van der Waals surface area (Å²) in [6.07, 6.45) is 0.511. The van der Waals surface area contributed by atoms with E-state index in [0.717, 1.165) is 10.2 Å². The van der Waals surface area contributed by atoms with Crippen molar-refractivity contribution in [2.45, 2.75) is 13.3 Å². The third kappa shape index (κ3) is 2.60. The second-order valence-electron chi connectivity index (χ2n) is 5.61. The minimum Gasteiger partial charge on any atom is -0.506 e. The minimum absolute atomic E-state index is 0.00713. The number of Topliss-reactive ketones (excluding diaryl/α,β-unsaturated/α-hetero) is 1. The average molecular weight is 349 g/mol. The maximum atomic E-state index is 12.6. The van der Waals surface area contributed by atoms with Crippen molar-refractivity contribution >= 4 is 43.9 Å². The molecular weight excluding hydrogens is 334 g/mol. The van der Waals surface area contributed by atoms with Crippen LogP contribution in [-0.4, -0.2) is 21.6 Å². The molecule has 0 atom stereocenters. The van der Waals surface area contributed by atoms with Gasteiger partial charge in [-0.2, -0.15) is 5.10 Å². The molecular formula is C19H15N3O2S. The lowest BCUT2D eigenvalue weighted by Gasteiger charge is -2.05. The van der Waals surface area contributed by atoms with Gasteiger partial charge in [-0.05, 0) is 18.6 Å². The summed E-state index contributed by atoms with van der Waals surface area (Å²) >= 11 is 1.49. The molecule has 0 saturated carbocycles. The highest BCUT2D eigenvalue weighted by Crippen LogP contribution is 2.32. The Bertz CT molecular complexity index is 1020. The number of anilines is 1. The van der Waals surface area contributed by atoms with Gasteiger partial charge in [0, 0.05) is 11.1 Å². The Balaban J connectivity index is 1.67. The van der Waals surface area contributed by atoms with Crippen LogP contribution in [0.4, 0.5) is 5.13 Å². The summed E-state index contributed by atoms with van der Waals surface area (Å²) in [6, 6.07) is 14.9. The Labute approximate surface area is 148 Å². The van der Waals surface area contributed by atoms with Gasteiger partial charge in [0.1, 0.15) is 5.76 Å². The summed E-state index contributed by atoms with van der Waals surface area (Å²) in [5, 5.41) is 15.5. The van der Waals surface area contributed by atoms with Gasteiger partial charge in [0.25, 0.3) is 0 Å². The van der Waals surface area contributed by atoms with E-state index in [1.54, 1.807) is 24.3 Å². The first kappa shape index (κ1) is 15.5. The van der Waals surface area contributed by atoms with Gasteiger partial charge < -0.3 is 5.11 Å². The van der Waals surface area contributed by atoms with Crippen molar-refractivity contribution < 1.29 is 9.90 Å². The fourth-order valence-electron chi connectivity index (χ4n) is 2.88. The highest BCUT2D eigenvalue weighted by atomic mass is 32.1. The number of allylic oxidation sites excluding steroid dienone is 1. The van der Waals surface area contributed by atoms with E-state index in [1.807, 2.05) is 31.2 Å². The molecule has 0 bridgehead atoms. The number of aliphatic hydroxyl groups excluding tert-OH is 1. The number of carbonyl (C=O) groups is 1. The Morgan fingerprint density at radius 2 is 1.88 bits per heavy atom. The molecule has 25 heavy (non-hydrogen) atoms.